The second-order valence-corrected chi connectivity index (χ2v) is 0.800. The van der Waals surface area contributed by atoms with Crippen molar-refractivity contribution in [2.75, 3.05) is 0 Å². The summed E-state index contributed by atoms with van der Waals surface area (Å²) in [5.41, 5.74) is 4.81. The van der Waals surface area contributed by atoms with E-state index in [0.29, 0.717) is 6.29 Å². The van der Waals surface area contributed by atoms with Gasteiger partial charge in [0.15, 0.2) is 0 Å². The number of hydrogen-bond donors (Lipinski definition) is 1. The Morgan fingerprint density at radius 1 is 2.00 bits per heavy atom. The first kappa shape index (κ1) is 4.63. The van der Waals surface area contributed by atoms with E-state index in [4.69, 9.17) is 5.73 Å². The molecule has 1 atom stereocenters. The number of hydrogen-bond acceptors (Lipinski definition) is 2. The SMILES string of the molecule is [CH2]C(N)C=O. The van der Waals surface area contributed by atoms with E-state index >= 15 is 0 Å². The van der Waals surface area contributed by atoms with Gasteiger partial charge in [-0.05, 0) is 6.92 Å². The number of aldehydes is 1. The second kappa shape index (κ2) is 1.91. The Labute approximate surface area is 31.0 Å². The normalized spacial score (nSPS) is 14.0. The predicted octanol–water partition coefficient (Wildman–Crippen LogP) is -0.653. The van der Waals surface area contributed by atoms with Crippen molar-refractivity contribution in [3.05, 3.63) is 6.92 Å². The molecule has 1 unspecified atom stereocenters. The van der Waals surface area contributed by atoms with Crippen LogP contribution in [0.5, 0.6) is 0 Å². The average molecular weight is 72.1 g/mol. The molecule has 0 amide bonds. The summed E-state index contributed by atoms with van der Waals surface area (Å²) in [6, 6.07) is -0.546. The zero-order valence-corrected chi connectivity index (χ0v) is 2.85. The van der Waals surface area contributed by atoms with Gasteiger partial charge in [0.25, 0.3) is 0 Å². The van der Waals surface area contributed by atoms with E-state index < -0.39 is 6.04 Å². The lowest BCUT2D eigenvalue weighted by Gasteiger charge is -1.80. The maximum Gasteiger partial charge on any atom is 0.136 e. The molecule has 2 N–H and O–H groups in total. The maximum absolute atomic E-state index is 9.32. The molecule has 0 rings (SSSR count). The Morgan fingerprint density at radius 3 is 2.20 bits per heavy atom. The Hall–Kier alpha value is -0.370. The molecule has 0 heterocycles. The molecule has 1 radical (unpaired) electrons. The molecule has 2 heteroatoms. The second-order valence-electron chi connectivity index (χ2n) is 0.800. The van der Waals surface area contributed by atoms with Crippen molar-refractivity contribution in [2.45, 2.75) is 6.04 Å². The Bertz CT molecular complexity index is 33.9. The molecule has 0 aromatic carbocycles. The molecule has 29 valence electrons. The van der Waals surface area contributed by atoms with Gasteiger partial charge >= 0.3 is 0 Å². The first-order valence-corrected chi connectivity index (χ1v) is 1.31. The first-order valence-electron chi connectivity index (χ1n) is 1.31. The fraction of sp³-hybridized carbons (Fsp3) is 0.333. The fourth-order valence-corrected chi connectivity index (χ4v) is 0. The molecule has 2 nitrogen and oxygen atoms in total. The van der Waals surface area contributed by atoms with Gasteiger partial charge in [0.2, 0.25) is 0 Å². The van der Waals surface area contributed by atoms with Gasteiger partial charge in [0.1, 0.15) is 6.29 Å². The summed E-state index contributed by atoms with van der Waals surface area (Å²) in [6.45, 7) is 3.17. The molecule has 0 aliphatic rings. The topological polar surface area (TPSA) is 43.1 Å². The quantitative estimate of drug-likeness (QED) is 0.418. The van der Waals surface area contributed by atoms with Crippen LogP contribution in [0.2, 0.25) is 0 Å². The van der Waals surface area contributed by atoms with Crippen LogP contribution < -0.4 is 5.73 Å². The number of carbonyl (C=O) groups is 1. The van der Waals surface area contributed by atoms with Crippen LogP contribution in [-0.4, -0.2) is 12.3 Å². The highest BCUT2D eigenvalue weighted by atomic mass is 16.1. The van der Waals surface area contributed by atoms with Gasteiger partial charge < -0.3 is 10.5 Å². The van der Waals surface area contributed by atoms with E-state index in [-0.39, 0.29) is 0 Å². The highest BCUT2D eigenvalue weighted by molar-refractivity contribution is 5.57. The summed E-state index contributed by atoms with van der Waals surface area (Å²) in [4.78, 5) is 9.32. The van der Waals surface area contributed by atoms with Gasteiger partial charge in [-0.15, -0.1) is 0 Å². The molecule has 0 aromatic rings. The molecule has 0 fully saturated rings. The van der Waals surface area contributed by atoms with Crippen LogP contribution in [0.3, 0.4) is 0 Å². The molecule has 0 saturated carbocycles. The zero-order chi connectivity index (χ0) is 4.28. The van der Waals surface area contributed by atoms with E-state index in [1.165, 1.54) is 0 Å². The van der Waals surface area contributed by atoms with Crippen LogP contribution in [0.4, 0.5) is 0 Å². The molecule has 0 bridgehead atoms. The minimum Gasteiger partial charge on any atom is -0.322 e. The maximum atomic E-state index is 9.32. The summed E-state index contributed by atoms with van der Waals surface area (Å²) in [5.74, 6) is 0. The largest absolute Gasteiger partial charge is 0.322 e. The molecule has 0 aromatic heterocycles. The van der Waals surface area contributed by atoms with Crippen LogP contribution in [0.1, 0.15) is 0 Å². The third-order valence-corrected chi connectivity index (χ3v) is 0.175. The highest BCUT2D eigenvalue weighted by Crippen LogP contribution is 1.54. The summed E-state index contributed by atoms with van der Waals surface area (Å²) in [7, 11) is 0. The van der Waals surface area contributed by atoms with Crippen molar-refractivity contribution in [3.8, 4) is 0 Å². The number of rotatable bonds is 1. The van der Waals surface area contributed by atoms with Crippen LogP contribution in [0.25, 0.3) is 0 Å². The summed E-state index contributed by atoms with van der Waals surface area (Å²) < 4.78 is 0. The lowest BCUT2D eigenvalue weighted by atomic mass is 10.4. The molecule has 0 aliphatic carbocycles. The van der Waals surface area contributed by atoms with Crippen molar-refractivity contribution in [2.24, 2.45) is 5.73 Å². The fourth-order valence-electron chi connectivity index (χ4n) is 0. The third-order valence-electron chi connectivity index (χ3n) is 0.175. The molecule has 0 saturated heterocycles. The molecular formula is C3H6NO. The first-order chi connectivity index (χ1) is 2.27. The third kappa shape index (κ3) is 3.63. The lowest BCUT2D eigenvalue weighted by molar-refractivity contribution is -0.108. The predicted molar refractivity (Wildman–Crippen MR) is 19.4 cm³/mol. The van der Waals surface area contributed by atoms with Crippen molar-refractivity contribution < 1.29 is 4.79 Å². The minimum atomic E-state index is -0.546. The molecule has 0 aliphatic heterocycles. The summed E-state index contributed by atoms with van der Waals surface area (Å²) >= 11 is 0. The van der Waals surface area contributed by atoms with Gasteiger partial charge in [-0.1, -0.05) is 0 Å². The van der Waals surface area contributed by atoms with E-state index in [1.807, 2.05) is 0 Å². The van der Waals surface area contributed by atoms with Crippen LogP contribution in [0, 0.1) is 6.92 Å². The highest BCUT2D eigenvalue weighted by Gasteiger charge is 1.79. The lowest BCUT2D eigenvalue weighted by Crippen LogP contribution is -2.15. The zero-order valence-electron chi connectivity index (χ0n) is 2.85. The van der Waals surface area contributed by atoms with Crippen molar-refractivity contribution in [1.82, 2.24) is 0 Å². The van der Waals surface area contributed by atoms with Crippen molar-refractivity contribution in [1.29, 1.82) is 0 Å². The standard InChI is InChI=1S/C3H6NO/c1-3(4)2-5/h2-3H,1,4H2. The Balaban J connectivity index is 2.83. The van der Waals surface area contributed by atoms with Gasteiger partial charge in [-0.3, -0.25) is 0 Å². The van der Waals surface area contributed by atoms with E-state index in [2.05, 4.69) is 6.92 Å². The van der Waals surface area contributed by atoms with E-state index in [0.717, 1.165) is 0 Å². The minimum absolute atomic E-state index is 0.546. The average Bonchev–Trinajstić information content (AvgIpc) is 1.38. The van der Waals surface area contributed by atoms with Crippen molar-refractivity contribution in [3.63, 3.8) is 0 Å². The van der Waals surface area contributed by atoms with Crippen molar-refractivity contribution >= 4 is 6.29 Å². The van der Waals surface area contributed by atoms with Crippen LogP contribution in [-0.2, 0) is 4.79 Å². The molecule has 0 spiro atoms. The number of nitrogens with two attached hydrogens (primary N) is 1. The monoisotopic (exact) mass is 72.0 g/mol. The van der Waals surface area contributed by atoms with E-state index in [9.17, 15) is 4.79 Å². The van der Waals surface area contributed by atoms with Crippen LogP contribution >= 0.6 is 0 Å². The van der Waals surface area contributed by atoms with Gasteiger partial charge in [-0.2, -0.15) is 0 Å². The Kier molecular flexibility index (Phi) is 1.76. The Morgan fingerprint density at radius 2 is 2.20 bits per heavy atom. The van der Waals surface area contributed by atoms with Gasteiger partial charge in [0, 0.05) is 0 Å². The van der Waals surface area contributed by atoms with Crippen LogP contribution in [0.15, 0.2) is 0 Å². The molecular weight excluding hydrogens is 66.0 g/mol. The molecule has 5 heavy (non-hydrogen) atoms. The van der Waals surface area contributed by atoms with E-state index in [1.54, 1.807) is 0 Å². The van der Waals surface area contributed by atoms with Gasteiger partial charge in [0.05, 0.1) is 6.04 Å². The summed E-state index contributed by atoms with van der Waals surface area (Å²) in [6.07, 6.45) is 0.583. The summed E-state index contributed by atoms with van der Waals surface area (Å²) in [5, 5.41) is 0. The number of carbonyl (C=O) groups excluding carboxylic acids is 1. The van der Waals surface area contributed by atoms with Gasteiger partial charge in [-0.25, -0.2) is 0 Å². The smallest absolute Gasteiger partial charge is 0.136 e.